The SMILES string of the molecule is CCC/C=C1\C=C2N(Cc3cc(OC)cc(OC)c31)C(=O)N(CC)C21CCN(Cc2cc(OC)cc(OC)c2)CC1. The molecule has 0 radical (unpaired) electrons. The molecular formula is C33H43N3O5. The minimum absolute atomic E-state index is 0.0780. The van der Waals surface area contributed by atoms with Gasteiger partial charge in [0.25, 0.3) is 0 Å². The van der Waals surface area contributed by atoms with Crippen molar-refractivity contribution in [3.05, 3.63) is 64.9 Å². The second-order valence-electron chi connectivity index (χ2n) is 11.0. The quantitative estimate of drug-likeness (QED) is 0.369. The fourth-order valence-corrected chi connectivity index (χ4v) is 6.67. The highest BCUT2D eigenvalue weighted by Crippen LogP contribution is 2.49. The van der Waals surface area contributed by atoms with Crippen LogP contribution in [-0.2, 0) is 13.1 Å². The van der Waals surface area contributed by atoms with E-state index in [4.69, 9.17) is 18.9 Å². The topological polar surface area (TPSA) is 63.7 Å². The maximum Gasteiger partial charge on any atom is 0.325 e. The van der Waals surface area contributed by atoms with Gasteiger partial charge in [-0.1, -0.05) is 19.4 Å². The zero-order chi connectivity index (χ0) is 29.1. The molecule has 1 spiro atoms. The number of methoxy groups -OCH3 is 4. The average Bonchev–Trinajstić information content (AvgIpc) is 3.10. The molecule has 0 atom stereocenters. The zero-order valence-corrected chi connectivity index (χ0v) is 25.3. The number of likely N-dealkylation sites (N-methyl/N-ethyl adjacent to an activating group) is 1. The third-order valence-electron chi connectivity index (χ3n) is 8.74. The summed E-state index contributed by atoms with van der Waals surface area (Å²) in [5, 5.41) is 0. The van der Waals surface area contributed by atoms with Crippen LogP contribution in [0.1, 0.15) is 56.2 Å². The predicted octanol–water partition coefficient (Wildman–Crippen LogP) is 6.09. The zero-order valence-electron chi connectivity index (χ0n) is 25.3. The van der Waals surface area contributed by atoms with E-state index in [1.807, 2.05) is 23.1 Å². The molecule has 0 unspecified atom stereocenters. The Morgan fingerprint density at radius 3 is 2.12 bits per heavy atom. The number of fused-ring (bicyclic) bond motifs is 3. The number of urea groups is 1. The average molecular weight is 562 g/mol. The summed E-state index contributed by atoms with van der Waals surface area (Å²) < 4.78 is 22.5. The Balaban J connectivity index is 1.50. The molecule has 5 rings (SSSR count). The molecule has 0 aromatic heterocycles. The van der Waals surface area contributed by atoms with Gasteiger partial charge in [0.15, 0.2) is 0 Å². The van der Waals surface area contributed by atoms with E-state index >= 15 is 0 Å². The van der Waals surface area contributed by atoms with Crippen LogP contribution in [0.3, 0.4) is 0 Å². The summed E-state index contributed by atoms with van der Waals surface area (Å²) in [5.74, 6) is 3.10. The molecule has 2 saturated heterocycles. The van der Waals surface area contributed by atoms with Crippen LogP contribution in [0.15, 0.2) is 48.2 Å². The lowest BCUT2D eigenvalue weighted by Gasteiger charge is -2.44. The molecule has 41 heavy (non-hydrogen) atoms. The van der Waals surface area contributed by atoms with Gasteiger partial charge in [0, 0.05) is 49.6 Å². The molecule has 0 saturated carbocycles. The van der Waals surface area contributed by atoms with E-state index in [1.54, 1.807) is 28.4 Å². The van der Waals surface area contributed by atoms with Gasteiger partial charge in [0.05, 0.1) is 40.5 Å². The summed E-state index contributed by atoms with van der Waals surface area (Å²) in [7, 11) is 6.72. The van der Waals surface area contributed by atoms with Gasteiger partial charge in [-0.25, -0.2) is 4.79 Å². The van der Waals surface area contributed by atoms with Crippen LogP contribution in [0.25, 0.3) is 5.57 Å². The number of piperidine rings is 1. The largest absolute Gasteiger partial charge is 0.497 e. The summed E-state index contributed by atoms with van der Waals surface area (Å²) in [6.45, 7) is 8.00. The molecule has 2 amide bonds. The fraction of sp³-hybridized carbons (Fsp3) is 0.485. The molecule has 0 N–H and O–H groups in total. The number of unbranched alkanes of at least 4 members (excludes halogenated alkanes) is 1. The van der Waals surface area contributed by atoms with Crippen LogP contribution in [0, 0.1) is 0 Å². The van der Waals surface area contributed by atoms with Crippen LogP contribution in [0.5, 0.6) is 23.0 Å². The lowest BCUT2D eigenvalue weighted by Crippen LogP contribution is -2.53. The van der Waals surface area contributed by atoms with Crippen LogP contribution in [0.2, 0.25) is 0 Å². The first-order valence-electron chi connectivity index (χ1n) is 14.6. The Morgan fingerprint density at radius 2 is 1.54 bits per heavy atom. The van der Waals surface area contributed by atoms with E-state index in [0.717, 1.165) is 96.3 Å². The third-order valence-corrected chi connectivity index (χ3v) is 8.74. The predicted molar refractivity (Wildman–Crippen MR) is 161 cm³/mol. The molecule has 2 aromatic rings. The summed E-state index contributed by atoms with van der Waals surface area (Å²) in [5.41, 5.74) is 5.13. The standard InChI is InChI=1S/C33H43N3O5/c1-7-9-10-24-18-30-33(11-13-34(14-12-33)21-23-15-26(38-3)19-27(16-23)39-4)36(8-2)32(37)35(30)22-25-17-28(40-5)20-29(41-6)31(24)25/h10,15-20H,7-9,11-14,21-22H2,1-6H3/b24-10+. The van der Waals surface area contributed by atoms with E-state index in [-0.39, 0.29) is 11.6 Å². The van der Waals surface area contributed by atoms with E-state index < -0.39 is 0 Å². The van der Waals surface area contributed by atoms with Gasteiger partial charge in [0.2, 0.25) is 0 Å². The second-order valence-corrected chi connectivity index (χ2v) is 11.0. The third kappa shape index (κ3) is 5.25. The number of nitrogens with zero attached hydrogens (tertiary/aromatic N) is 3. The summed E-state index contributed by atoms with van der Waals surface area (Å²) in [4.78, 5) is 20.6. The van der Waals surface area contributed by atoms with Crippen molar-refractivity contribution in [2.24, 2.45) is 0 Å². The Morgan fingerprint density at radius 1 is 0.878 bits per heavy atom. The number of carbonyl (C=O) groups is 1. The Kier molecular flexibility index (Phi) is 8.50. The Hall–Kier alpha value is -3.65. The molecule has 3 aliphatic heterocycles. The Labute approximate surface area is 244 Å². The molecular weight excluding hydrogens is 518 g/mol. The van der Waals surface area contributed by atoms with Gasteiger partial charge >= 0.3 is 6.03 Å². The van der Waals surface area contributed by atoms with E-state index in [2.05, 4.69) is 47.9 Å². The molecule has 3 aliphatic rings. The highest BCUT2D eigenvalue weighted by molar-refractivity contribution is 5.89. The number of benzene rings is 2. The first-order chi connectivity index (χ1) is 19.9. The van der Waals surface area contributed by atoms with Gasteiger partial charge in [-0.3, -0.25) is 9.80 Å². The number of amides is 2. The minimum Gasteiger partial charge on any atom is -0.497 e. The fourth-order valence-electron chi connectivity index (χ4n) is 6.67. The van der Waals surface area contributed by atoms with E-state index in [0.29, 0.717) is 13.1 Å². The summed E-state index contributed by atoms with van der Waals surface area (Å²) in [6, 6.07) is 10.1. The number of hydrogen-bond donors (Lipinski definition) is 0. The first kappa shape index (κ1) is 28.9. The van der Waals surface area contributed by atoms with Crippen molar-refractivity contribution in [2.45, 2.75) is 58.2 Å². The number of rotatable bonds is 9. The minimum atomic E-state index is -0.348. The van der Waals surface area contributed by atoms with Crippen molar-refractivity contribution >= 4 is 11.6 Å². The summed E-state index contributed by atoms with van der Waals surface area (Å²) in [6.07, 6.45) is 8.29. The van der Waals surface area contributed by atoms with Crippen LogP contribution in [0.4, 0.5) is 4.79 Å². The molecule has 8 heteroatoms. The van der Waals surface area contributed by atoms with Crippen LogP contribution in [-0.4, -0.2) is 74.3 Å². The number of allylic oxidation sites excluding steroid dienone is 3. The Bertz CT molecular complexity index is 1320. The van der Waals surface area contributed by atoms with Gasteiger partial charge < -0.3 is 23.8 Å². The van der Waals surface area contributed by atoms with E-state index in [1.165, 1.54) is 0 Å². The van der Waals surface area contributed by atoms with Crippen molar-refractivity contribution < 1.29 is 23.7 Å². The monoisotopic (exact) mass is 561 g/mol. The molecule has 0 aliphatic carbocycles. The number of hydrogen-bond acceptors (Lipinski definition) is 6. The summed E-state index contributed by atoms with van der Waals surface area (Å²) >= 11 is 0. The molecule has 2 aromatic carbocycles. The highest BCUT2D eigenvalue weighted by atomic mass is 16.5. The van der Waals surface area contributed by atoms with Crippen molar-refractivity contribution in [1.82, 2.24) is 14.7 Å². The number of ether oxygens (including phenoxy) is 4. The van der Waals surface area contributed by atoms with Crippen LogP contribution < -0.4 is 18.9 Å². The molecule has 8 nitrogen and oxygen atoms in total. The molecule has 2 fully saturated rings. The maximum atomic E-state index is 14.0. The van der Waals surface area contributed by atoms with Gasteiger partial charge in [-0.15, -0.1) is 0 Å². The highest BCUT2D eigenvalue weighted by Gasteiger charge is 2.54. The molecule has 0 bridgehead atoms. The second kappa shape index (κ2) is 12.1. The molecule has 3 heterocycles. The lowest BCUT2D eigenvalue weighted by atomic mass is 9.82. The maximum absolute atomic E-state index is 14.0. The van der Waals surface area contributed by atoms with E-state index in [9.17, 15) is 4.79 Å². The molecule has 220 valence electrons. The number of likely N-dealkylation sites (tertiary alicyclic amines) is 1. The van der Waals surface area contributed by atoms with Crippen LogP contribution >= 0.6 is 0 Å². The van der Waals surface area contributed by atoms with Crippen molar-refractivity contribution in [2.75, 3.05) is 48.1 Å². The van der Waals surface area contributed by atoms with Gasteiger partial charge in [-0.2, -0.15) is 0 Å². The first-order valence-corrected chi connectivity index (χ1v) is 14.6. The smallest absolute Gasteiger partial charge is 0.325 e. The lowest BCUT2D eigenvalue weighted by molar-refractivity contribution is 0.0890. The number of carbonyl (C=O) groups excluding carboxylic acids is 1. The van der Waals surface area contributed by atoms with Gasteiger partial charge in [-0.05, 0) is 67.2 Å². The normalized spacial score (nSPS) is 19.1. The van der Waals surface area contributed by atoms with Crippen molar-refractivity contribution in [1.29, 1.82) is 0 Å². The van der Waals surface area contributed by atoms with Crippen molar-refractivity contribution in [3.63, 3.8) is 0 Å². The van der Waals surface area contributed by atoms with Crippen molar-refractivity contribution in [3.8, 4) is 23.0 Å². The van der Waals surface area contributed by atoms with Gasteiger partial charge in [0.1, 0.15) is 23.0 Å².